The number of carbonyl (C=O) groups excluding carboxylic acids is 1. The predicted molar refractivity (Wildman–Crippen MR) is 144 cm³/mol. The van der Waals surface area contributed by atoms with Gasteiger partial charge < -0.3 is 5.32 Å². The maximum absolute atomic E-state index is 13.5. The zero-order valence-corrected chi connectivity index (χ0v) is 21.5. The number of hydrogen-bond acceptors (Lipinski definition) is 3. The van der Waals surface area contributed by atoms with Crippen LogP contribution in [0.5, 0.6) is 0 Å². The Hall–Kier alpha value is -2.68. The summed E-state index contributed by atoms with van der Waals surface area (Å²) >= 11 is 0. The van der Waals surface area contributed by atoms with Crippen molar-refractivity contribution in [1.29, 1.82) is 0 Å². The van der Waals surface area contributed by atoms with Crippen molar-refractivity contribution in [2.75, 3.05) is 5.32 Å². The molecule has 0 spiro atoms. The number of carbonyl (C=O) groups is 1. The Kier molecular flexibility index (Phi) is 9.44. The van der Waals surface area contributed by atoms with E-state index < -0.39 is 15.9 Å². The Morgan fingerprint density at radius 3 is 2.26 bits per heavy atom. The molecule has 8 heteroatoms. The number of halogens is 1. The van der Waals surface area contributed by atoms with E-state index in [1.165, 1.54) is 42.5 Å². The van der Waals surface area contributed by atoms with E-state index in [1.54, 1.807) is 6.92 Å². The maximum Gasteiger partial charge on any atom is 0.255 e. The molecule has 3 atom stereocenters. The van der Waals surface area contributed by atoms with Gasteiger partial charge in [-0.3, -0.25) is 4.79 Å². The number of anilines is 1. The molecule has 0 saturated carbocycles. The molecule has 3 rings (SSSR count). The standard InChI is InChI=1S/C26H29FN2O3S.H2S.2H2/c1-17-15-23(13-14-25(17)27)28-26(30)22-11-8-12-24(16-22)33(31,32)29-20(4)18(2)19(3)21-9-6-5-7-10-21;;;/h5-16,18-20,29H,1-4H3,(H,28,30);1H2;2*1H/t18-,19?,20?;;;/m0.../s1. The topological polar surface area (TPSA) is 75.3 Å². The molecule has 0 fully saturated rings. The van der Waals surface area contributed by atoms with Crippen LogP contribution in [-0.2, 0) is 10.0 Å². The van der Waals surface area contributed by atoms with Crippen molar-refractivity contribution in [3.63, 3.8) is 0 Å². The van der Waals surface area contributed by atoms with Crippen molar-refractivity contribution in [1.82, 2.24) is 4.72 Å². The van der Waals surface area contributed by atoms with Gasteiger partial charge >= 0.3 is 0 Å². The van der Waals surface area contributed by atoms with Gasteiger partial charge in [-0.05, 0) is 73.2 Å². The van der Waals surface area contributed by atoms with Gasteiger partial charge in [-0.2, -0.15) is 13.5 Å². The van der Waals surface area contributed by atoms with E-state index in [4.69, 9.17) is 0 Å². The lowest BCUT2D eigenvalue weighted by molar-refractivity contribution is 0.102. The van der Waals surface area contributed by atoms with Crippen LogP contribution in [0.3, 0.4) is 0 Å². The summed E-state index contributed by atoms with van der Waals surface area (Å²) < 4.78 is 42.3. The molecule has 3 aromatic rings. The lowest BCUT2D eigenvalue weighted by atomic mass is 9.85. The van der Waals surface area contributed by atoms with Crippen LogP contribution in [0.15, 0.2) is 77.7 Å². The van der Waals surface area contributed by atoms with Gasteiger partial charge in [0.1, 0.15) is 5.82 Å². The molecule has 0 aliphatic rings. The Bertz CT molecular complexity index is 1240. The summed E-state index contributed by atoms with van der Waals surface area (Å²) in [6.45, 7) is 7.53. The summed E-state index contributed by atoms with van der Waals surface area (Å²) in [5.41, 5.74) is 2.17. The first kappa shape index (κ1) is 27.6. The van der Waals surface area contributed by atoms with E-state index >= 15 is 0 Å². The van der Waals surface area contributed by atoms with Crippen molar-refractivity contribution in [2.45, 2.75) is 44.6 Å². The summed E-state index contributed by atoms with van der Waals surface area (Å²) in [7, 11) is -3.84. The van der Waals surface area contributed by atoms with E-state index in [2.05, 4.69) is 17.0 Å². The fraction of sp³-hybridized carbons (Fsp3) is 0.269. The van der Waals surface area contributed by atoms with E-state index in [0.717, 1.165) is 5.56 Å². The minimum Gasteiger partial charge on any atom is -0.322 e. The van der Waals surface area contributed by atoms with Crippen molar-refractivity contribution in [3.05, 3.63) is 95.3 Å². The fourth-order valence-electron chi connectivity index (χ4n) is 3.64. The van der Waals surface area contributed by atoms with Gasteiger partial charge in [0.05, 0.1) is 4.90 Å². The lowest BCUT2D eigenvalue weighted by Gasteiger charge is -2.27. The average molecular weight is 507 g/mol. The van der Waals surface area contributed by atoms with Gasteiger partial charge in [-0.25, -0.2) is 17.5 Å². The normalized spacial score (nSPS) is 13.9. The van der Waals surface area contributed by atoms with Crippen molar-refractivity contribution in [3.8, 4) is 0 Å². The van der Waals surface area contributed by atoms with E-state index in [-0.39, 0.29) is 50.5 Å². The first-order valence-electron chi connectivity index (χ1n) is 10.8. The van der Waals surface area contributed by atoms with E-state index in [0.29, 0.717) is 11.3 Å². The van der Waals surface area contributed by atoms with E-state index in [1.807, 2.05) is 44.2 Å². The van der Waals surface area contributed by atoms with Gasteiger partial charge in [0.15, 0.2) is 0 Å². The van der Waals surface area contributed by atoms with Crippen LogP contribution < -0.4 is 10.0 Å². The Morgan fingerprint density at radius 1 is 0.941 bits per heavy atom. The SMILES string of the molecule is Cc1cc(NC(=O)c2cccc(S(=O)(=O)NC(C)[C@@H](C)C(C)c3ccccc3)c2)ccc1F.S.[HH].[HH]. The van der Waals surface area contributed by atoms with Gasteiger partial charge in [0.2, 0.25) is 10.0 Å². The molecule has 0 aliphatic carbocycles. The number of benzene rings is 3. The number of sulfonamides is 1. The first-order valence-corrected chi connectivity index (χ1v) is 12.3. The molecule has 0 radical (unpaired) electrons. The number of rotatable bonds is 8. The number of nitrogens with one attached hydrogen (secondary N) is 2. The predicted octanol–water partition coefficient (Wildman–Crippen LogP) is 6.10. The molecule has 34 heavy (non-hydrogen) atoms. The second-order valence-electron chi connectivity index (χ2n) is 8.41. The fourth-order valence-corrected chi connectivity index (χ4v) is 5.02. The van der Waals surface area contributed by atoms with Crippen LogP contribution in [0.1, 0.15) is 51.0 Å². The Morgan fingerprint density at radius 2 is 1.62 bits per heavy atom. The summed E-state index contributed by atoms with van der Waals surface area (Å²) in [5, 5.41) is 2.68. The molecule has 3 aromatic carbocycles. The molecule has 0 bridgehead atoms. The molecule has 5 nitrogen and oxygen atoms in total. The van der Waals surface area contributed by atoms with Crippen LogP contribution in [0.2, 0.25) is 0 Å². The van der Waals surface area contributed by atoms with Crippen LogP contribution in [0.25, 0.3) is 0 Å². The van der Waals surface area contributed by atoms with Crippen molar-refractivity contribution >= 4 is 35.1 Å². The second kappa shape index (κ2) is 11.6. The maximum atomic E-state index is 13.5. The number of aryl methyl sites for hydroxylation is 1. The second-order valence-corrected chi connectivity index (χ2v) is 10.1. The molecule has 186 valence electrons. The van der Waals surface area contributed by atoms with Crippen molar-refractivity contribution in [2.24, 2.45) is 5.92 Å². The number of hydrogen-bond donors (Lipinski definition) is 2. The molecule has 0 aliphatic heterocycles. The number of amides is 1. The minimum absolute atomic E-state index is 0. The largest absolute Gasteiger partial charge is 0.322 e. The minimum atomic E-state index is -3.84. The molecule has 1 amide bonds. The molecule has 2 N–H and O–H groups in total. The Labute approximate surface area is 211 Å². The van der Waals surface area contributed by atoms with Crippen molar-refractivity contribution < 1.29 is 20.5 Å². The third-order valence-corrected chi connectivity index (χ3v) is 7.62. The smallest absolute Gasteiger partial charge is 0.255 e. The highest BCUT2D eigenvalue weighted by Gasteiger charge is 2.26. The molecule has 0 heterocycles. The highest BCUT2D eigenvalue weighted by Crippen LogP contribution is 2.27. The summed E-state index contributed by atoms with van der Waals surface area (Å²) in [6, 6.07) is 19.7. The molecule has 0 saturated heterocycles. The Balaban J connectivity index is 0.00000408. The van der Waals surface area contributed by atoms with Crippen LogP contribution >= 0.6 is 13.5 Å². The monoisotopic (exact) mass is 506 g/mol. The van der Waals surface area contributed by atoms with Crippen LogP contribution in [0.4, 0.5) is 10.1 Å². The molecule has 0 aromatic heterocycles. The molecule has 2 unspecified atom stereocenters. The quantitative estimate of drug-likeness (QED) is 0.388. The molecular weight excluding hydrogens is 471 g/mol. The van der Waals surface area contributed by atoms with Gasteiger partial charge in [-0.1, -0.05) is 50.2 Å². The average Bonchev–Trinajstić information content (AvgIpc) is 2.80. The van der Waals surface area contributed by atoms with Gasteiger partial charge in [0.25, 0.3) is 5.91 Å². The third-order valence-electron chi connectivity index (χ3n) is 6.07. The van der Waals surface area contributed by atoms with Crippen LogP contribution in [0, 0.1) is 18.7 Å². The first-order chi connectivity index (χ1) is 15.6. The highest BCUT2D eigenvalue weighted by molar-refractivity contribution is 7.89. The van der Waals surface area contributed by atoms with Gasteiger partial charge in [-0.15, -0.1) is 0 Å². The highest BCUT2D eigenvalue weighted by atomic mass is 32.2. The van der Waals surface area contributed by atoms with Gasteiger partial charge in [0, 0.05) is 20.1 Å². The summed E-state index contributed by atoms with van der Waals surface area (Å²) in [6.07, 6.45) is 0. The lowest BCUT2D eigenvalue weighted by Crippen LogP contribution is -2.38. The zero-order chi connectivity index (χ0) is 24.2. The summed E-state index contributed by atoms with van der Waals surface area (Å²) in [4.78, 5) is 12.7. The van der Waals surface area contributed by atoms with E-state index in [9.17, 15) is 17.6 Å². The molecular formula is C26H35FN2O3S2. The summed E-state index contributed by atoms with van der Waals surface area (Å²) in [5.74, 6) is -0.648. The zero-order valence-electron chi connectivity index (χ0n) is 19.7. The van der Waals surface area contributed by atoms with Crippen LogP contribution in [-0.4, -0.2) is 20.4 Å². The third kappa shape index (κ3) is 6.68.